The summed E-state index contributed by atoms with van der Waals surface area (Å²) in [6.45, 7) is 0. The molecule has 0 bridgehead atoms. The highest BCUT2D eigenvalue weighted by Crippen LogP contribution is 2.43. The second-order valence-electron chi connectivity index (χ2n) is 3.81. The van der Waals surface area contributed by atoms with Gasteiger partial charge >= 0.3 is 0 Å². The second kappa shape index (κ2) is 3.28. The van der Waals surface area contributed by atoms with Crippen LogP contribution in [0.3, 0.4) is 0 Å². The van der Waals surface area contributed by atoms with Gasteiger partial charge in [0.2, 0.25) is 5.91 Å². The van der Waals surface area contributed by atoms with Crippen LogP contribution in [0.25, 0.3) is 0 Å². The first kappa shape index (κ1) is 9.53. The van der Waals surface area contributed by atoms with Crippen LogP contribution >= 0.6 is 11.6 Å². The molecular weight excluding hydrogens is 198 g/mol. The zero-order chi connectivity index (χ0) is 10.2. The fourth-order valence-electron chi connectivity index (χ4n) is 1.98. The number of amides is 1. The lowest BCUT2D eigenvalue weighted by Gasteiger charge is -2.39. The van der Waals surface area contributed by atoms with Crippen molar-refractivity contribution >= 4 is 17.5 Å². The molecule has 3 heteroatoms. The average molecular weight is 210 g/mol. The normalized spacial score (nSPS) is 18.6. The highest BCUT2D eigenvalue weighted by Gasteiger charge is 2.43. The Morgan fingerprint density at radius 2 is 1.86 bits per heavy atom. The van der Waals surface area contributed by atoms with Gasteiger partial charge in [-0.3, -0.25) is 4.79 Å². The molecule has 1 aliphatic rings. The average Bonchev–Trinajstić information content (AvgIpc) is 2.05. The van der Waals surface area contributed by atoms with Crippen molar-refractivity contribution in [1.29, 1.82) is 0 Å². The maximum Gasteiger partial charge on any atom is 0.228 e. The number of nitrogens with two attached hydrogens (primary N) is 1. The van der Waals surface area contributed by atoms with Gasteiger partial charge in [-0.25, -0.2) is 0 Å². The zero-order valence-electron chi connectivity index (χ0n) is 7.79. The first-order valence-electron chi connectivity index (χ1n) is 4.71. The number of carbonyl (C=O) groups excluding carboxylic acids is 1. The SMILES string of the molecule is NC(=O)C1(c2ccc(Cl)cc2)CCC1. The van der Waals surface area contributed by atoms with E-state index in [2.05, 4.69) is 0 Å². The monoisotopic (exact) mass is 209 g/mol. The van der Waals surface area contributed by atoms with Crippen molar-refractivity contribution in [3.8, 4) is 0 Å². The molecule has 0 spiro atoms. The van der Waals surface area contributed by atoms with E-state index in [-0.39, 0.29) is 5.91 Å². The van der Waals surface area contributed by atoms with E-state index in [1.807, 2.05) is 12.1 Å². The van der Waals surface area contributed by atoms with E-state index in [4.69, 9.17) is 17.3 Å². The molecule has 1 saturated carbocycles. The van der Waals surface area contributed by atoms with Gasteiger partial charge in [0.05, 0.1) is 5.41 Å². The van der Waals surface area contributed by atoms with Gasteiger partial charge in [-0.15, -0.1) is 0 Å². The lowest BCUT2D eigenvalue weighted by atomic mass is 9.64. The molecule has 0 radical (unpaired) electrons. The van der Waals surface area contributed by atoms with Crippen LogP contribution in [-0.4, -0.2) is 5.91 Å². The van der Waals surface area contributed by atoms with Crippen LogP contribution in [0.2, 0.25) is 5.02 Å². The molecule has 74 valence electrons. The number of hydrogen-bond acceptors (Lipinski definition) is 1. The predicted octanol–water partition coefficient (Wildman–Crippen LogP) is 2.25. The molecule has 0 atom stereocenters. The summed E-state index contributed by atoms with van der Waals surface area (Å²) in [5, 5.41) is 0.688. The van der Waals surface area contributed by atoms with Crippen LogP contribution in [0.15, 0.2) is 24.3 Å². The lowest BCUT2D eigenvalue weighted by Crippen LogP contribution is -2.46. The zero-order valence-corrected chi connectivity index (χ0v) is 8.55. The first-order chi connectivity index (χ1) is 6.65. The van der Waals surface area contributed by atoms with Gasteiger partial charge in [0.25, 0.3) is 0 Å². The van der Waals surface area contributed by atoms with Crippen molar-refractivity contribution in [3.05, 3.63) is 34.9 Å². The van der Waals surface area contributed by atoms with Gasteiger partial charge in [-0.1, -0.05) is 30.2 Å². The molecular formula is C11H12ClNO. The summed E-state index contributed by atoms with van der Waals surface area (Å²) in [6, 6.07) is 7.40. The minimum atomic E-state index is -0.412. The molecule has 1 aliphatic carbocycles. The number of hydrogen-bond donors (Lipinski definition) is 1. The largest absolute Gasteiger partial charge is 0.369 e. The van der Waals surface area contributed by atoms with Crippen LogP contribution < -0.4 is 5.73 Å². The summed E-state index contributed by atoms with van der Waals surface area (Å²) < 4.78 is 0. The molecule has 2 nitrogen and oxygen atoms in total. The van der Waals surface area contributed by atoms with Crippen molar-refractivity contribution in [2.24, 2.45) is 5.73 Å². The fourth-order valence-corrected chi connectivity index (χ4v) is 2.10. The van der Waals surface area contributed by atoms with E-state index >= 15 is 0 Å². The van der Waals surface area contributed by atoms with Gasteiger partial charge in [-0.05, 0) is 30.5 Å². The van der Waals surface area contributed by atoms with E-state index in [9.17, 15) is 4.79 Å². The summed E-state index contributed by atoms with van der Waals surface area (Å²) in [7, 11) is 0. The fraction of sp³-hybridized carbons (Fsp3) is 0.364. The standard InChI is InChI=1S/C11H12ClNO/c12-9-4-2-8(3-5-9)11(10(13)14)6-1-7-11/h2-5H,1,6-7H2,(H2,13,14). The van der Waals surface area contributed by atoms with E-state index in [1.165, 1.54) is 0 Å². The molecule has 1 aromatic rings. The van der Waals surface area contributed by atoms with Gasteiger partial charge < -0.3 is 5.73 Å². The Bertz CT molecular complexity index is 354. The molecule has 1 fully saturated rings. The van der Waals surface area contributed by atoms with Crippen molar-refractivity contribution in [3.63, 3.8) is 0 Å². The van der Waals surface area contributed by atoms with Gasteiger partial charge in [0.15, 0.2) is 0 Å². The highest BCUT2D eigenvalue weighted by molar-refractivity contribution is 6.30. The van der Waals surface area contributed by atoms with Crippen molar-refractivity contribution < 1.29 is 4.79 Å². The Hall–Kier alpha value is -1.02. The Kier molecular flexibility index (Phi) is 2.23. The Morgan fingerprint density at radius 1 is 1.29 bits per heavy atom. The minimum absolute atomic E-state index is 0.217. The topological polar surface area (TPSA) is 43.1 Å². The highest BCUT2D eigenvalue weighted by atomic mass is 35.5. The maximum absolute atomic E-state index is 11.4. The third-order valence-corrected chi connectivity index (χ3v) is 3.33. The predicted molar refractivity (Wildman–Crippen MR) is 56.2 cm³/mol. The van der Waals surface area contributed by atoms with Crippen LogP contribution in [0, 0.1) is 0 Å². The van der Waals surface area contributed by atoms with Crippen LogP contribution in [0.5, 0.6) is 0 Å². The molecule has 0 aromatic heterocycles. The molecule has 14 heavy (non-hydrogen) atoms. The third kappa shape index (κ3) is 1.30. The molecule has 1 aromatic carbocycles. The Morgan fingerprint density at radius 3 is 2.21 bits per heavy atom. The molecule has 2 N–H and O–H groups in total. The first-order valence-corrected chi connectivity index (χ1v) is 5.09. The lowest BCUT2D eigenvalue weighted by molar-refractivity contribution is -0.126. The Balaban J connectivity index is 2.37. The van der Waals surface area contributed by atoms with Crippen LogP contribution in [0.4, 0.5) is 0 Å². The molecule has 0 heterocycles. The summed E-state index contributed by atoms with van der Waals surface area (Å²) in [4.78, 5) is 11.4. The van der Waals surface area contributed by atoms with E-state index in [0.717, 1.165) is 24.8 Å². The smallest absolute Gasteiger partial charge is 0.228 e. The number of primary amides is 1. The molecule has 1 amide bonds. The second-order valence-corrected chi connectivity index (χ2v) is 4.24. The number of benzene rings is 1. The molecule has 0 unspecified atom stereocenters. The van der Waals surface area contributed by atoms with Crippen LogP contribution in [-0.2, 0) is 10.2 Å². The summed E-state index contributed by atoms with van der Waals surface area (Å²) >= 11 is 5.79. The van der Waals surface area contributed by atoms with Gasteiger partial charge in [0.1, 0.15) is 0 Å². The number of carbonyl (C=O) groups is 1. The van der Waals surface area contributed by atoms with Crippen molar-refractivity contribution in [1.82, 2.24) is 0 Å². The quantitative estimate of drug-likeness (QED) is 0.798. The van der Waals surface area contributed by atoms with Gasteiger partial charge in [0, 0.05) is 5.02 Å². The minimum Gasteiger partial charge on any atom is -0.369 e. The van der Waals surface area contributed by atoms with Crippen molar-refractivity contribution in [2.75, 3.05) is 0 Å². The molecule has 2 rings (SSSR count). The Labute approximate surface area is 88.1 Å². The molecule has 0 saturated heterocycles. The summed E-state index contributed by atoms with van der Waals surface area (Å²) in [5.74, 6) is -0.217. The van der Waals surface area contributed by atoms with E-state index in [0.29, 0.717) is 5.02 Å². The third-order valence-electron chi connectivity index (χ3n) is 3.08. The molecule has 0 aliphatic heterocycles. The summed E-state index contributed by atoms with van der Waals surface area (Å²) in [5.41, 5.74) is 6.02. The number of rotatable bonds is 2. The van der Waals surface area contributed by atoms with E-state index < -0.39 is 5.41 Å². The van der Waals surface area contributed by atoms with E-state index in [1.54, 1.807) is 12.1 Å². The summed E-state index contributed by atoms with van der Waals surface area (Å²) in [6.07, 6.45) is 2.81. The number of halogens is 1. The maximum atomic E-state index is 11.4. The van der Waals surface area contributed by atoms with Crippen LogP contribution in [0.1, 0.15) is 24.8 Å². The van der Waals surface area contributed by atoms with Gasteiger partial charge in [-0.2, -0.15) is 0 Å². The van der Waals surface area contributed by atoms with Crippen molar-refractivity contribution in [2.45, 2.75) is 24.7 Å².